The van der Waals surface area contributed by atoms with Crippen molar-refractivity contribution in [3.63, 3.8) is 0 Å². The fraction of sp³-hybridized carbons (Fsp3) is 0.417. The fourth-order valence-corrected chi connectivity index (χ4v) is 1.78. The van der Waals surface area contributed by atoms with Gasteiger partial charge in [-0.25, -0.2) is 0 Å². The molecule has 1 aromatic rings. The van der Waals surface area contributed by atoms with Crippen molar-refractivity contribution < 1.29 is 14.6 Å². The Morgan fingerprint density at radius 2 is 2.24 bits per heavy atom. The first-order valence-electron chi connectivity index (χ1n) is 5.47. The number of anilines is 1. The number of aliphatic hydroxyl groups excluding tert-OH is 1. The number of hydrogen-bond donors (Lipinski definition) is 2. The molecule has 1 aliphatic heterocycles. The zero-order chi connectivity index (χ0) is 12.6. The van der Waals surface area contributed by atoms with Crippen LogP contribution in [0.4, 0.5) is 5.69 Å². The van der Waals surface area contributed by atoms with Crippen molar-refractivity contribution in [3.05, 3.63) is 23.8 Å². The van der Waals surface area contributed by atoms with Crippen molar-refractivity contribution in [2.45, 2.75) is 19.1 Å². The van der Waals surface area contributed by atoms with Crippen LogP contribution in [-0.4, -0.2) is 30.8 Å². The van der Waals surface area contributed by atoms with Crippen molar-refractivity contribution >= 4 is 11.6 Å². The van der Waals surface area contributed by atoms with Gasteiger partial charge in [-0.3, -0.25) is 4.79 Å². The van der Waals surface area contributed by atoms with Gasteiger partial charge in [0, 0.05) is 7.05 Å². The maximum atomic E-state index is 11.5. The monoisotopic (exact) mass is 236 g/mol. The fourth-order valence-electron chi connectivity index (χ4n) is 1.78. The first kappa shape index (κ1) is 11.9. The number of fused-ring (bicyclic) bond motifs is 1. The lowest BCUT2D eigenvalue weighted by Crippen LogP contribution is -2.35. The molecule has 1 aliphatic rings. The summed E-state index contributed by atoms with van der Waals surface area (Å²) in [6.45, 7) is 1.70. The van der Waals surface area contributed by atoms with Gasteiger partial charge in [0.1, 0.15) is 5.75 Å². The number of hydrogen-bond acceptors (Lipinski definition) is 4. The van der Waals surface area contributed by atoms with Gasteiger partial charge in [-0.05, 0) is 24.6 Å². The zero-order valence-electron chi connectivity index (χ0n) is 9.88. The van der Waals surface area contributed by atoms with Gasteiger partial charge in [0.05, 0.1) is 17.8 Å². The lowest BCUT2D eigenvalue weighted by molar-refractivity contribution is -0.120. The van der Waals surface area contributed by atoms with Crippen molar-refractivity contribution in [3.8, 4) is 5.75 Å². The highest BCUT2D eigenvalue weighted by Gasteiger charge is 2.23. The molecule has 3 N–H and O–H groups in total. The van der Waals surface area contributed by atoms with Crippen molar-refractivity contribution in [2.75, 3.05) is 18.6 Å². The molecule has 0 spiro atoms. The van der Waals surface area contributed by atoms with Crippen LogP contribution in [0.15, 0.2) is 18.2 Å². The highest BCUT2D eigenvalue weighted by atomic mass is 16.5. The molecule has 0 aromatic heterocycles. The van der Waals surface area contributed by atoms with Gasteiger partial charge in [0.2, 0.25) is 0 Å². The van der Waals surface area contributed by atoms with Gasteiger partial charge in [0.25, 0.3) is 5.91 Å². The lowest BCUT2D eigenvalue weighted by atomic mass is 10.0. The molecule has 1 aromatic carbocycles. The highest BCUT2D eigenvalue weighted by Crippen LogP contribution is 2.33. The largest absolute Gasteiger partial charge is 0.482 e. The van der Waals surface area contributed by atoms with Crippen LogP contribution in [0, 0.1) is 0 Å². The van der Waals surface area contributed by atoms with Gasteiger partial charge in [-0.2, -0.15) is 0 Å². The summed E-state index contributed by atoms with van der Waals surface area (Å²) in [7, 11) is 1.70. The van der Waals surface area contributed by atoms with Gasteiger partial charge < -0.3 is 20.5 Å². The molecule has 0 aliphatic carbocycles. The number of nitrogens with two attached hydrogens (primary N) is 1. The predicted molar refractivity (Wildman–Crippen MR) is 64.0 cm³/mol. The maximum absolute atomic E-state index is 11.5. The highest BCUT2D eigenvalue weighted by molar-refractivity contribution is 5.97. The Bertz CT molecular complexity index is 445. The second-order valence-corrected chi connectivity index (χ2v) is 4.23. The summed E-state index contributed by atoms with van der Waals surface area (Å²) >= 11 is 0. The van der Waals surface area contributed by atoms with Crippen LogP contribution < -0.4 is 15.4 Å². The van der Waals surface area contributed by atoms with E-state index in [1.165, 1.54) is 4.90 Å². The number of ether oxygens (including phenoxy) is 1. The number of rotatable bonds is 2. The quantitative estimate of drug-likeness (QED) is 0.780. The predicted octanol–water partition coefficient (Wildman–Crippen LogP) is 0.422. The van der Waals surface area contributed by atoms with Crippen LogP contribution in [0.3, 0.4) is 0 Å². The van der Waals surface area contributed by atoms with E-state index in [0.717, 1.165) is 5.56 Å². The number of carbonyl (C=O) groups is 1. The summed E-state index contributed by atoms with van der Waals surface area (Å²) in [5, 5.41) is 9.46. The first-order chi connectivity index (χ1) is 8.00. The number of likely N-dealkylation sites (N-methyl/N-ethyl adjacent to an activating group) is 1. The molecular formula is C12H16N2O3. The summed E-state index contributed by atoms with van der Waals surface area (Å²) in [6.07, 6.45) is -0.640. The second kappa shape index (κ2) is 4.35. The Kier molecular flexibility index (Phi) is 3.04. The molecule has 1 amide bonds. The first-order valence-corrected chi connectivity index (χ1v) is 5.47. The Balaban J connectivity index is 2.39. The number of amides is 1. The third-order valence-corrected chi connectivity index (χ3v) is 2.97. The van der Waals surface area contributed by atoms with E-state index in [9.17, 15) is 9.90 Å². The molecule has 2 atom stereocenters. The van der Waals surface area contributed by atoms with E-state index in [0.29, 0.717) is 11.4 Å². The van der Waals surface area contributed by atoms with E-state index in [-0.39, 0.29) is 12.5 Å². The van der Waals surface area contributed by atoms with Gasteiger partial charge in [-0.1, -0.05) is 6.07 Å². The average Bonchev–Trinajstić information content (AvgIpc) is 2.32. The van der Waals surface area contributed by atoms with Crippen molar-refractivity contribution in [2.24, 2.45) is 5.73 Å². The Hall–Kier alpha value is -1.59. The van der Waals surface area contributed by atoms with Crippen LogP contribution >= 0.6 is 0 Å². The normalized spacial score (nSPS) is 18.4. The molecule has 2 rings (SSSR count). The minimum atomic E-state index is -0.640. The molecule has 17 heavy (non-hydrogen) atoms. The van der Waals surface area contributed by atoms with E-state index < -0.39 is 12.1 Å². The van der Waals surface area contributed by atoms with E-state index in [1.807, 2.05) is 0 Å². The summed E-state index contributed by atoms with van der Waals surface area (Å²) < 4.78 is 5.31. The summed E-state index contributed by atoms with van der Waals surface area (Å²) in [6, 6.07) is 4.89. The zero-order valence-corrected chi connectivity index (χ0v) is 9.88. The smallest absolute Gasteiger partial charge is 0.264 e. The Morgan fingerprint density at radius 1 is 1.53 bits per heavy atom. The minimum Gasteiger partial charge on any atom is -0.482 e. The standard InChI is InChI=1S/C12H16N2O3/c1-7(15)12(13)8-3-4-10-9(5-8)14(2)11(16)6-17-10/h3-5,7,12,15H,6,13H2,1-2H3. The SMILES string of the molecule is CC(O)C(N)c1ccc2c(c1)N(C)C(=O)CO2. The maximum Gasteiger partial charge on any atom is 0.264 e. The molecule has 5 nitrogen and oxygen atoms in total. The third kappa shape index (κ3) is 2.11. The van der Waals surface area contributed by atoms with Crippen LogP contribution in [-0.2, 0) is 4.79 Å². The molecule has 0 saturated carbocycles. The van der Waals surface area contributed by atoms with Crippen LogP contribution in [0.25, 0.3) is 0 Å². The van der Waals surface area contributed by atoms with Gasteiger partial charge in [-0.15, -0.1) is 0 Å². The molecule has 0 saturated heterocycles. The van der Waals surface area contributed by atoms with Crippen LogP contribution in [0.5, 0.6) is 5.75 Å². The lowest BCUT2D eigenvalue weighted by Gasteiger charge is -2.27. The second-order valence-electron chi connectivity index (χ2n) is 4.23. The molecule has 0 radical (unpaired) electrons. The van der Waals surface area contributed by atoms with E-state index in [2.05, 4.69) is 0 Å². The molecule has 2 unspecified atom stereocenters. The molecule has 1 heterocycles. The number of nitrogens with zero attached hydrogens (tertiary/aromatic N) is 1. The Labute approximate surface area is 99.8 Å². The number of benzene rings is 1. The minimum absolute atomic E-state index is 0.0608. The third-order valence-electron chi connectivity index (χ3n) is 2.97. The number of carbonyl (C=O) groups excluding carboxylic acids is 1. The van der Waals surface area contributed by atoms with Crippen molar-refractivity contribution in [1.82, 2.24) is 0 Å². The molecule has 92 valence electrons. The van der Waals surface area contributed by atoms with Crippen LogP contribution in [0.2, 0.25) is 0 Å². The van der Waals surface area contributed by atoms with Gasteiger partial charge >= 0.3 is 0 Å². The Morgan fingerprint density at radius 3 is 2.88 bits per heavy atom. The molecule has 0 fully saturated rings. The molecule has 0 bridgehead atoms. The van der Waals surface area contributed by atoms with Gasteiger partial charge in [0.15, 0.2) is 6.61 Å². The van der Waals surface area contributed by atoms with E-state index in [1.54, 1.807) is 32.2 Å². The molecule has 5 heteroatoms. The topological polar surface area (TPSA) is 75.8 Å². The van der Waals surface area contributed by atoms with Crippen LogP contribution in [0.1, 0.15) is 18.5 Å². The summed E-state index contributed by atoms with van der Waals surface area (Å²) in [5.41, 5.74) is 7.33. The van der Waals surface area contributed by atoms with E-state index >= 15 is 0 Å². The molecular weight excluding hydrogens is 220 g/mol. The summed E-state index contributed by atoms with van der Waals surface area (Å²) in [4.78, 5) is 13.0. The average molecular weight is 236 g/mol. The summed E-state index contributed by atoms with van der Waals surface area (Å²) in [5.74, 6) is 0.564. The number of aliphatic hydroxyl groups is 1. The van der Waals surface area contributed by atoms with Crippen molar-refractivity contribution in [1.29, 1.82) is 0 Å². The van der Waals surface area contributed by atoms with E-state index in [4.69, 9.17) is 10.5 Å².